The van der Waals surface area contributed by atoms with Gasteiger partial charge in [0, 0.05) is 19.1 Å². The number of hydrogen-bond donors (Lipinski definition) is 1. The van der Waals surface area contributed by atoms with Gasteiger partial charge in [0.1, 0.15) is 5.82 Å². The fourth-order valence-corrected chi connectivity index (χ4v) is 2.14. The molecular weight excluding hydrogens is 261 g/mol. The van der Waals surface area contributed by atoms with Gasteiger partial charge in [-0.25, -0.2) is 9.18 Å². The van der Waals surface area contributed by atoms with Crippen LogP contribution in [0.2, 0.25) is 0 Å². The summed E-state index contributed by atoms with van der Waals surface area (Å²) in [6.07, 6.45) is 0. The van der Waals surface area contributed by atoms with Crippen LogP contribution in [0, 0.1) is 5.82 Å². The van der Waals surface area contributed by atoms with Crippen LogP contribution in [-0.4, -0.2) is 48.4 Å². The molecule has 0 bridgehead atoms. The van der Waals surface area contributed by atoms with E-state index in [0.717, 1.165) is 5.56 Å². The Labute approximate surface area is 117 Å². The molecule has 3 amide bonds. The quantitative estimate of drug-likeness (QED) is 0.905. The molecule has 1 aromatic carbocycles. The van der Waals surface area contributed by atoms with Crippen LogP contribution in [0.25, 0.3) is 0 Å². The minimum atomic E-state index is -0.335. The van der Waals surface area contributed by atoms with E-state index >= 15 is 0 Å². The summed E-state index contributed by atoms with van der Waals surface area (Å²) >= 11 is 0. The predicted octanol–water partition coefficient (Wildman–Crippen LogP) is 1.37. The number of urea groups is 1. The summed E-state index contributed by atoms with van der Waals surface area (Å²) in [5.74, 6) is -0.509. The van der Waals surface area contributed by atoms with Gasteiger partial charge in [-0.15, -0.1) is 0 Å². The number of carbonyl (C=O) groups excluding carboxylic acids is 2. The van der Waals surface area contributed by atoms with E-state index in [2.05, 4.69) is 5.32 Å². The lowest BCUT2D eigenvalue weighted by Gasteiger charge is -2.25. The Balaban J connectivity index is 1.97. The molecule has 0 unspecified atom stereocenters. The maximum Gasteiger partial charge on any atom is 0.324 e. The SMILES string of the molecule is C[C@@H](c1ccc(F)cc1)N(C)CC(=O)N1CCNC1=O. The molecule has 5 nitrogen and oxygen atoms in total. The summed E-state index contributed by atoms with van der Waals surface area (Å²) in [7, 11) is 1.81. The molecule has 1 saturated heterocycles. The van der Waals surface area contributed by atoms with Crippen molar-refractivity contribution in [2.75, 3.05) is 26.7 Å². The molecule has 20 heavy (non-hydrogen) atoms. The van der Waals surface area contributed by atoms with Crippen molar-refractivity contribution in [2.24, 2.45) is 0 Å². The Bertz CT molecular complexity index is 504. The van der Waals surface area contributed by atoms with Gasteiger partial charge in [-0.05, 0) is 31.7 Å². The lowest BCUT2D eigenvalue weighted by molar-refractivity contribution is -0.128. The molecule has 1 aliphatic heterocycles. The van der Waals surface area contributed by atoms with Crippen molar-refractivity contribution in [3.8, 4) is 0 Å². The number of hydrogen-bond acceptors (Lipinski definition) is 3. The molecule has 1 fully saturated rings. The van der Waals surface area contributed by atoms with E-state index in [9.17, 15) is 14.0 Å². The Kier molecular flexibility index (Phi) is 4.34. The lowest BCUT2D eigenvalue weighted by atomic mass is 10.1. The van der Waals surface area contributed by atoms with Gasteiger partial charge in [0.05, 0.1) is 6.54 Å². The molecule has 0 radical (unpaired) electrons. The van der Waals surface area contributed by atoms with Crippen LogP contribution in [-0.2, 0) is 4.79 Å². The minimum Gasteiger partial charge on any atom is -0.336 e. The molecule has 1 aliphatic rings. The maximum absolute atomic E-state index is 12.9. The highest BCUT2D eigenvalue weighted by Gasteiger charge is 2.27. The number of rotatable bonds is 4. The van der Waals surface area contributed by atoms with Gasteiger partial charge in [0.15, 0.2) is 0 Å². The Hall–Kier alpha value is -1.95. The molecule has 6 heteroatoms. The Morgan fingerprint density at radius 3 is 2.65 bits per heavy atom. The Morgan fingerprint density at radius 1 is 1.45 bits per heavy atom. The number of likely N-dealkylation sites (N-methyl/N-ethyl adjacent to an activating group) is 1. The van der Waals surface area contributed by atoms with Crippen LogP contribution in [0.5, 0.6) is 0 Å². The van der Waals surface area contributed by atoms with Crippen molar-refractivity contribution < 1.29 is 14.0 Å². The van der Waals surface area contributed by atoms with Gasteiger partial charge in [0.25, 0.3) is 0 Å². The first kappa shape index (κ1) is 14.5. The average Bonchev–Trinajstić information content (AvgIpc) is 2.85. The van der Waals surface area contributed by atoms with Crippen LogP contribution in [0.15, 0.2) is 24.3 Å². The normalized spacial score (nSPS) is 16.4. The predicted molar refractivity (Wildman–Crippen MR) is 72.6 cm³/mol. The highest BCUT2D eigenvalue weighted by atomic mass is 19.1. The maximum atomic E-state index is 12.9. The van der Waals surface area contributed by atoms with Gasteiger partial charge in [-0.2, -0.15) is 0 Å². The third kappa shape index (κ3) is 3.14. The summed E-state index contributed by atoms with van der Waals surface area (Å²) in [6, 6.07) is 5.82. The molecule has 1 aromatic rings. The number of amides is 3. The van der Waals surface area contributed by atoms with E-state index in [4.69, 9.17) is 0 Å². The molecule has 1 atom stereocenters. The molecule has 1 N–H and O–H groups in total. The molecule has 0 aromatic heterocycles. The van der Waals surface area contributed by atoms with Crippen molar-refractivity contribution >= 4 is 11.9 Å². The van der Waals surface area contributed by atoms with Crippen molar-refractivity contribution in [3.63, 3.8) is 0 Å². The highest BCUT2D eigenvalue weighted by molar-refractivity contribution is 5.96. The van der Waals surface area contributed by atoms with E-state index in [-0.39, 0.29) is 30.3 Å². The first-order chi connectivity index (χ1) is 9.49. The highest BCUT2D eigenvalue weighted by Crippen LogP contribution is 2.19. The van der Waals surface area contributed by atoms with Crippen molar-refractivity contribution in [2.45, 2.75) is 13.0 Å². The summed E-state index contributed by atoms with van der Waals surface area (Å²) in [5.41, 5.74) is 0.924. The van der Waals surface area contributed by atoms with Gasteiger partial charge in [-0.3, -0.25) is 14.6 Å². The summed E-state index contributed by atoms with van der Waals surface area (Å²) < 4.78 is 12.9. The van der Waals surface area contributed by atoms with Crippen molar-refractivity contribution in [1.82, 2.24) is 15.1 Å². The second kappa shape index (κ2) is 6.00. The smallest absolute Gasteiger partial charge is 0.324 e. The van der Waals surface area contributed by atoms with Gasteiger partial charge in [-0.1, -0.05) is 12.1 Å². The average molecular weight is 279 g/mol. The lowest BCUT2D eigenvalue weighted by Crippen LogP contribution is -2.41. The van der Waals surface area contributed by atoms with Crippen LogP contribution in [0.3, 0.4) is 0 Å². The van der Waals surface area contributed by atoms with E-state index in [1.165, 1.54) is 17.0 Å². The first-order valence-corrected chi connectivity index (χ1v) is 6.53. The van der Waals surface area contributed by atoms with Gasteiger partial charge < -0.3 is 5.32 Å². The summed E-state index contributed by atoms with van der Waals surface area (Å²) in [6.45, 7) is 2.99. The molecule has 0 saturated carbocycles. The van der Waals surface area contributed by atoms with Crippen LogP contribution in [0.4, 0.5) is 9.18 Å². The topological polar surface area (TPSA) is 52.7 Å². The molecule has 108 valence electrons. The number of benzene rings is 1. The largest absolute Gasteiger partial charge is 0.336 e. The fraction of sp³-hybridized carbons (Fsp3) is 0.429. The first-order valence-electron chi connectivity index (χ1n) is 6.53. The number of carbonyl (C=O) groups is 2. The zero-order valence-electron chi connectivity index (χ0n) is 11.6. The van der Waals surface area contributed by atoms with Crippen molar-refractivity contribution in [1.29, 1.82) is 0 Å². The van der Waals surface area contributed by atoms with Gasteiger partial charge >= 0.3 is 6.03 Å². The molecule has 0 aliphatic carbocycles. The second-order valence-corrected chi connectivity index (χ2v) is 4.92. The molecule has 2 rings (SSSR count). The second-order valence-electron chi connectivity index (χ2n) is 4.92. The van der Waals surface area contributed by atoms with E-state index in [1.807, 2.05) is 11.8 Å². The number of imide groups is 1. The molecule has 0 spiro atoms. The number of nitrogens with zero attached hydrogens (tertiary/aromatic N) is 2. The number of halogens is 1. The van der Waals surface area contributed by atoms with Crippen LogP contribution >= 0.6 is 0 Å². The zero-order chi connectivity index (χ0) is 14.7. The number of nitrogens with one attached hydrogen (secondary N) is 1. The van der Waals surface area contributed by atoms with Crippen LogP contribution < -0.4 is 5.32 Å². The standard InChI is InChI=1S/C14H18FN3O2/c1-10(11-3-5-12(15)6-4-11)17(2)9-13(19)18-8-7-16-14(18)20/h3-6,10H,7-9H2,1-2H3,(H,16,20)/t10-/m0/s1. The van der Waals surface area contributed by atoms with Crippen molar-refractivity contribution in [3.05, 3.63) is 35.6 Å². The molecular formula is C14H18FN3O2. The molecule has 1 heterocycles. The third-order valence-corrected chi connectivity index (χ3v) is 3.56. The Morgan fingerprint density at radius 2 is 2.10 bits per heavy atom. The van der Waals surface area contributed by atoms with Gasteiger partial charge in [0.2, 0.25) is 5.91 Å². The fourth-order valence-electron chi connectivity index (χ4n) is 2.14. The zero-order valence-corrected chi connectivity index (χ0v) is 11.6. The van der Waals surface area contributed by atoms with E-state index < -0.39 is 0 Å². The van der Waals surface area contributed by atoms with Crippen LogP contribution in [0.1, 0.15) is 18.5 Å². The summed E-state index contributed by atoms with van der Waals surface area (Å²) in [5, 5.41) is 2.60. The van der Waals surface area contributed by atoms with E-state index in [1.54, 1.807) is 19.2 Å². The minimum absolute atomic E-state index is 0.0368. The summed E-state index contributed by atoms with van der Waals surface area (Å²) in [4.78, 5) is 26.5. The van der Waals surface area contributed by atoms with E-state index in [0.29, 0.717) is 13.1 Å². The third-order valence-electron chi connectivity index (χ3n) is 3.56. The monoisotopic (exact) mass is 279 g/mol.